The number of aromatic nitrogens is 4. The lowest BCUT2D eigenvalue weighted by Gasteiger charge is -1.99. The summed E-state index contributed by atoms with van der Waals surface area (Å²) in [5.41, 5.74) is 5.30. The van der Waals surface area contributed by atoms with Gasteiger partial charge in [0.1, 0.15) is 5.82 Å². The second-order valence-corrected chi connectivity index (χ2v) is 3.93. The Morgan fingerprint density at radius 2 is 2.40 bits per heavy atom. The molecule has 15 heavy (non-hydrogen) atoms. The average molecular weight is 223 g/mol. The molecule has 2 heterocycles. The summed E-state index contributed by atoms with van der Waals surface area (Å²) in [6.07, 6.45) is 1.61. The number of H-pyrrole nitrogens is 1. The maximum Gasteiger partial charge on any atom is 0.343 e. The number of pyridine rings is 1. The van der Waals surface area contributed by atoms with Crippen molar-refractivity contribution in [2.75, 3.05) is 5.73 Å². The van der Waals surface area contributed by atoms with Crippen LogP contribution in [0.1, 0.15) is 0 Å². The van der Waals surface area contributed by atoms with Crippen LogP contribution in [0.2, 0.25) is 0 Å². The fourth-order valence-electron chi connectivity index (χ4n) is 1.02. The monoisotopic (exact) mass is 223 g/mol. The number of anilines is 1. The van der Waals surface area contributed by atoms with Crippen LogP contribution < -0.4 is 11.4 Å². The molecule has 0 radical (unpaired) electrons. The van der Waals surface area contributed by atoms with Gasteiger partial charge in [-0.15, -0.1) is 5.10 Å². The van der Waals surface area contributed by atoms with Gasteiger partial charge in [0.05, 0.1) is 0 Å². The first-order valence-electron chi connectivity index (χ1n) is 4.17. The standard InChI is InChI=1S/C8H9N5OS/c1-13-7(14)11-12-8(13)15-5-2-3-10-6(9)4-5/h2-4H,1H3,(H2,9,10)(H,11,14). The molecule has 0 aliphatic heterocycles. The third kappa shape index (κ3) is 2.01. The van der Waals surface area contributed by atoms with Crippen LogP contribution in [0, 0.1) is 0 Å². The Bertz CT molecular complexity index is 532. The zero-order valence-electron chi connectivity index (χ0n) is 7.97. The molecule has 0 aliphatic carbocycles. The molecule has 0 fully saturated rings. The maximum atomic E-state index is 11.1. The van der Waals surface area contributed by atoms with Gasteiger partial charge in [-0.1, -0.05) is 0 Å². The Morgan fingerprint density at radius 3 is 3.00 bits per heavy atom. The molecule has 2 aromatic rings. The Labute approximate surface area is 89.5 Å². The molecule has 0 aliphatic rings. The molecular formula is C8H9N5OS. The van der Waals surface area contributed by atoms with Crippen molar-refractivity contribution in [1.29, 1.82) is 0 Å². The molecule has 0 amide bonds. The van der Waals surface area contributed by atoms with E-state index in [9.17, 15) is 4.79 Å². The van der Waals surface area contributed by atoms with E-state index >= 15 is 0 Å². The van der Waals surface area contributed by atoms with E-state index in [1.165, 1.54) is 16.3 Å². The third-order valence-electron chi connectivity index (χ3n) is 1.80. The average Bonchev–Trinajstić information content (AvgIpc) is 2.50. The first kappa shape index (κ1) is 9.78. The molecule has 2 aromatic heterocycles. The molecule has 0 unspecified atom stereocenters. The highest BCUT2D eigenvalue weighted by Gasteiger charge is 2.06. The Balaban J connectivity index is 2.29. The highest BCUT2D eigenvalue weighted by Crippen LogP contribution is 2.24. The smallest absolute Gasteiger partial charge is 0.343 e. The van der Waals surface area contributed by atoms with Gasteiger partial charge in [-0.2, -0.15) is 0 Å². The third-order valence-corrected chi connectivity index (χ3v) is 2.84. The molecule has 0 atom stereocenters. The zero-order chi connectivity index (χ0) is 10.8. The summed E-state index contributed by atoms with van der Waals surface area (Å²) >= 11 is 1.35. The van der Waals surface area contributed by atoms with E-state index in [2.05, 4.69) is 15.2 Å². The largest absolute Gasteiger partial charge is 0.384 e. The van der Waals surface area contributed by atoms with Crippen LogP contribution in [-0.4, -0.2) is 19.7 Å². The molecule has 0 saturated heterocycles. The summed E-state index contributed by atoms with van der Waals surface area (Å²) in [5, 5.41) is 6.82. The number of nitrogens with two attached hydrogens (primary N) is 1. The number of nitrogens with one attached hydrogen (secondary N) is 1. The SMILES string of the molecule is Cn1c(Sc2ccnc(N)c2)n[nH]c1=O. The summed E-state index contributed by atoms with van der Waals surface area (Å²) in [6, 6.07) is 3.53. The molecular weight excluding hydrogens is 214 g/mol. The van der Waals surface area contributed by atoms with E-state index in [4.69, 9.17) is 5.73 Å². The predicted molar refractivity (Wildman–Crippen MR) is 56.6 cm³/mol. The summed E-state index contributed by atoms with van der Waals surface area (Å²) in [5.74, 6) is 0.445. The van der Waals surface area contributed by atoms with Gasteiger partial charge in [-0.3, -0.25) is 4.57 Å². The minimum Gasteiger partial charge on any atom is -0.384 e. The van der Waals surface area contributed by atoms with Gasteiger partial charge in [0.15, 0.2) is 5.16 Å². The normalized spacial score (nSPS) is 10.5. The fourth-order valence-corrected chi connectivity index (χ4v) is 1.85. The van der Waals surface area contributed by atoms with Crippen molar-refractivity contribution >= 4 is 17.6 Å². The second kappa shape index (κ2) is 3.77. The quantitative estimate of drug-likeness (QED) is 0.761. The van der Waals surface area contributed by atoms with Crippen molar-refractivity contribution in [1.82, 2.24) is 19.7 Å². The van der Waals surface area contributed by atoms with Crippen molar-refractivity contribution in [2.24, 2.45) is 7.05 Å². The molecule has 7 heteroatoms. The van der Waals surface area contributed by atoms with Crippen molar-refractivity contribution in [2.45, 2.75) is 10.1 Å². The number of hydrogen-bond acceptors (Lipinski definition) is 5. The number of nitrogen functional groups attached to an aromatic ring is 1. The van der Waals surface area contributed by atoms with Gasteiger partial charge >= 0.3 is 5.69 Å². The second-order valence-electron chi connectivity index (χ2n) is 2.89. The fraction of sp³-hybridized carbons (Fsp3) is 0.125. The van der Waals surface area contributed by atoms with Gasteiger partial charge < -0.3 is 5.73 Å². The van der Waals surface area contributed by atoms with Gasteiger partial charge in [-0.05, 0) is 23.9 Å². The molecule has 6 nitrogen and oxygen atoms in total. The van der Waals surface area contributed by atoms with Crippen LogP contribution in [0.5, 0.6) is 0 Å². The van der Waals surface area contributed by atoms with Gasteiger partial charge in [0.2, 0.25) is 0 Å². The minimum absolute atomic E-state index is 0.237. The topological polar surface area (TPSA) is 89.6 Å². The number of hydrogen-bond donors (Lipinski definition) is 2. The van der Waals surface area contributed by atoms with Crippen molar-refractivity contribution in [3.63, 3.8) is 0 Å². The first-order valence-corrected chi connectivity index (χ1v) is 4.99. The number of nitrogens with zero attached hydrogens (tertiary/aromatic N) is 3. The molecule has 3 N–H and O–H groups in total. The molecule has 2 rings (SSSR count). The minimum atomic E-state index is -0.237. The lowest BCUT2D eigenvalue weighted by Crippen LogP contribution is -2.12. The number of aromatic amines is 1. The van der Waals surface area contributed by atoms with Crippen LogP contribution in [0.15, 0.2) is 33.2 Å². The summed E-state index contributed by atoms with van der Waals surface area (Å²) in [7, 11) is 1.65. The molecule has 0 spiro atoms. The Kier molecular flexibility index (Phi) is 2.46. The summed E-state index contributed by atoms with van der Waals surface area (Å²) in [4.78, 5) is 15.9. The van der Waals surface area contributed by atoms with Crippen LogP contribution in [0.3, 0.4) is 0 Å². The van der Waals surface area contributed by atoms with E-state index in [0.29, 0.717) is 11.0 Å². The summed E-state index contributed by atoms with van der Waals surface area (Å²) in [6.45, 7) is 0. The van der Waals surface area contributed by atoms with E-state index in [0.717, 1.165) is 4.90 Å². The number of rotatable bonds is 2. The van der Waals surface area contributed by atoms with Crippen molar-refractivity contribution in [3.8, 4) is 0 Å². The van der Waals surface area contributed by atoms with Crippen LogP contribution >= 0.6 is 11.8 Å². The first-order chi connectivity index (χ1) is 7.16. The lowest BCUT2D eigenvalue weighted by atomic mass is 10.5. The summed E-state index contributed by atoms with van der Waals surface area (Å²) < 4.78 is 1.43. The highest BCUT2D eigenvalue weighted by molar-refractivity contribution is 7.99. The lowest BCUT2D eigenvalue weighted by molar-refractivity contribution is 0.766. The van der Waals surface area contributed by atoms with Crippen molar-refractivity contribution < 1.29 is 0 Å². The van der Waals surface area contributed by atoms with E-state index in [1.807, 2.05) is 0 Å². The van der Waals surface area contributed by atoms with Gasteiger partial charge in [0, 0.05) is 18.1 Å². The molecule has 0 bridgehead atoms. The van der Waals surface area contributed by atoms with Gasteiger partial charge in [0.25, 0.3) is 0 Å². The maximum absolute atomic E-state index is 11.1. The Hall–Kier alpha value is -1.76. The molecule has 0 aromatic carbocycles. The zero-order valence-corrected chi connectivity index (χ0v) is 8.78. The van der Waals surface area contributed by atoms with E-state index in [-0.39, 0.29) is 5.69 Å². The predicted octanol–water partition coefficient (Wildman–Crippen LogP) is 0.237. The van der Waals surface area contributed by atoms with Gasteiger partial charge in [-0.25, -0.2) is 14.9 Å². The van der Waals surface area contributed by atoms with Crippen LogP contribution in [0.25, 0.3) is 0 Å². The van der Waals surface area contributed by atoms with Crippen LogP contribution in [-0.2, 0) is 7.05 Å². The molecule has 0 saturated carbocycles. The molecule has 78 valence electrons. The Morgan fingerprint density at radius 1 is 1.60 bits per heavy atom. The van der Waals surface area contributed by atoms with E-state index < -0.39 is 0 Å². The highest BCUT2D eigenvalue weighted by atomic mass is 32.2. The van der Waals surface area contributed by atoms with E-state index in [1.54, 1.807) is 25.4 Å². The van der Waals surface area contributed by atoms with Crippen molar-refractivity contribution in [3.05, 3.63) is 28.8 Å². The van der Waals surface area contributed by atoms with Crippen LogP contribution in [0.4, 0.5) is 5.82 Å².